The molecule has 1 nitrogen and oxygen atoms in total. The lowest BCUT2D eigenvalue weighted by atomic mass is 9.85. The van der Waals surface area contributed by atoms with E-state index in [1.807, 2.05) is 0 Å². The standard InChI is InChI=1S/C19H32ClN/c1-6-9-10-16(8-3)19(21-11-7-2)17-12-14(4)15(5)13-18(17)20/h12-13,16,19,21H,6-11H2,1-5H3. The van der Waals surface area contributed by atoms with Gasteiger partial charge >= 0.3 is 0 Å². The van der Waals surface area contributed by atoms with Gasteiger partial charge < -0.3 is 5.32 Å². The molecule has 1 aromatic rings. The minimum Gasteiger partial charge on any atom is -0.310 e. The van der Waals surface area contributed by atoms with E-state index >= 15 is 0 Å². The van der Waals surface area contributed by atoms with Crippen molar-refractivity contribution >= 4 is 11.6 Å². The number of benzene rings is 1. The zero-order chi connectivity index (χ0) is 15.8. The van der Waals surface area contributed by atoms with Gasteiger partial charge in [-0.05, 0) is 61.9 Å². The predicted molar refractivity (Wildman–Crippen MR) is 95.3 cm³/mol. The highest BCUT2D eigenvalue weighted by atomic mass is 35.5. The van der Waals surface area contributed by atoms with Gasteiger partial charge in [0.25, 0.3) is 0 Å². The largest absolute Gasteiger partial charge is 0.310 e. The van der Waals surface area contributed by atoms with E-state index in [9.17, 15) is 0 Å². The van der Waals surface area contributed by atoms with Crippen molar-refractivity contribution in [2.75, 3.05) is 6.54 Å². The van der Waals surface area contributed by atoms with Crippen LogP contribution in [0.15, 0.2) is 12.1 Å². The maximum Gasteiger partial charge on any atom is 0.0456 e. The molecule has 0 aliphatic heterocycles. The van der Waals surface area contributed by atoms with Crippen molar-refractivity contribution in [1.82, 2.24) is 5.32 Å². The molecule has 0 aromatic heterocycles. The van der Waals surface area contributed by atoms with E-state index in [1.165, 1.54) is 42.4 Å². The van der Waals surface area contributed by atoms with Crippen molar-refractivity contribution in [3.63, 3.8) is 0 Å². The molecule has 0 aliphatic carbocycles. The van der Waals surface area contributed by atoms with Crippen LogP contribution in [0.25, 0.3) is 0 Å². The van der Waals surface area contributed by atoms with Crippen LogP contribution >= 0.6 is 11.6 Å². The normalized spacial score (nSPS) is 14.2. The molecule has 0 radical (unpaired) electrons. The van der Waals surface area contributed by atoms with Gasteiger partial charge in [0.1, 0.15) is 0 Å². The maximum absolute atomic E-state index is 6.57. The van der Waals surface area contributed by atoms with E-state index in [0.717, 1.165) is 18.0 Å². The highest BCUT2D eigenvalue weighted by Crippen LogP contribution is 2.34. The van der Waals surface area contributed by atoms with E-state index in [4.69, 9.17) is 11.6 Å². The lowest BCUT2D eigenvalue weighted by Gasteiger charge is -2.29. The number of hydrogen-bond donors (Lipinski definition) is 1. The van der Waals surface area contributed by atoms with E-state index in [1.54, 1.807) is 0 Å². The Bertz CT molecular complexity index is 428. The molecule has 1 aromatic carbocycles. The van der Waals surface area contributed by atoms with Crippen molar-refractivity contribution in [2.45, 2.75) is 72.8 Å². The first-order chi connectivity index (χ1) is 10.0. The van der Waals surface area contributed by atoms with E-state index in [2.05, 4.69) is 52.1 Å². The van der Waals surface area contributed by atoms with Gasteiger partial charge in [0.15, 0.2) is 0 Å². The van der Waals surface area contributed by atoms with Gasteiger partial charge in [0.2, 0.25) is 0 Å². The number of unbranched alkanes of at least 4 members (excludes halogenated alkanes) is 1. The molecule has 2 atom stereocenters. The van der Waals surface area contributed by atoms with Gasteiger partial charge in [-0.2, -0.15) is 0 Å². The third-order valence-electron chi connectivity index (χ3n) is 4.49. The Kier molecular flexibility index (Phi) is 8.36. The first-order valence-electron chi connectivity index (χ1n) is 8.55. The van der Waals surface area contributed by atoms with Gasteiger partial charge in [-0.15, -0.1) is 0 Å². The van der Waals surface area contributed by atoms with Crippen molar-refractivity contribution in [2.24, 2.45) is 5.92 Å². The average Bonchev–Trinajstić information content (AvgIpc) is 2.47. The minimum absolute atomic E-state index is 0.383. The first-order valence-corrected chi connectivity index (χ1v) is 8.92. The van der Waals surface area contributed by atoms with Crippen LogP contribution in [-0.2, 0) is 0 Å². The molecule has 1 rings (SSSR count). The smallest absolute Gasteiger partial charge is 0.0456 e. The van der Waals surface area contributed by atoms with Crippen LogP contribution in [0.1, 0.15) is 75.6 Å². The number of hydrogen-bond acceptors (Lipinski definition) is 1. The third-order valence-corrected chi connectivity index (χ3v) is 4.81. The average molecular weight is 310 g/mol. The second kappa shape index (κ2) is 9.48. The summed E-state index contributed by atoms with van der Waals surface area (Å²) < 4.78 is 0. The third kappa shape index (κ3) is 5.30. The van der Waals surface area contributed by atoms with Gasteiger partial charge in [-0.3, -0.25) is 0 Å². The summed E-state index contributed by atoms with van der Waals surface area (Å²) in [4.78, 5) is 0. The Balaban J connectivity index is 3.07. The zero-order valence-corrected chi connectivity index (χ0v) is 15.2. The van der Waals surface area contributed by atoms with Crippen molar-refractivity contribution in [3.8, 4) is 0 Å². The molecule has 0 spiro atoms. The molecular weight excluding hydrogens is 278 g/mol. The lowest BCUT2D eigenvalue weighted by Crippen LogP contribution is -2.29. The minimum atomic E-state index is 0.383. The van der Waals surface area contributed by atoms with Crippen LogP contribution < -0.4 is 5.32 Å². The molecule has 0 aliphatic rings. The lowest BCUT2D eigenvalue weighted by molar-refractivity contribution is 0.323. The molecule has 2 unspecified atom stereocenters. The number of halogens is 1. The van der Waals surface area contributed by atoms with Crippen LogP contribution in [0, 0.1) is 19.8 Å². The van der Waals surface area contributed by atoms with Crippen LogP contribution in [0.3, 0.4) is 0 Å². The monoisotopic (exact) mass is 309 g/mol. The van der Waals surface area contributed by atoms with Crippen LogP contribution in [0.4, 0.5) is 0 Å². The van der Waals surface area contributed by atoms with E-state index in [0.29, 0.717) is 12.0 Å². The molecular formula is C19H32ClN. The van der Waals surface area contributed by atoms with E-state index < -0.39 is 0 Å². The molecule has 0 heterocycles. The highest BCUT2D eigenvalue weighted by Gasteiger charge is 2.23. The molecule has 0 fully saturated rings. The fraction of sp³-hybridized carbons (Fsp3) is 0.684. The van der Waals surface area contributed by atoms with Crippen molar-refractivity contribution in [3.05, 3.63) is 33.8 Å². The quantitative estimate of drug-likeness (QED) is 0.571. The molecule has 0 saturated carbocycles. The van der Waals surface area contributed by atoms with Gasteiger partial charge in [0, 0.05) is 11.1 Å². The van der Waals surface area contributed by atoms with Crippen LogP contribution in [-0.4, -0.2) is 6.54 Å². The zero-order valence-electron chi connectivity index (χ0n) is 14.4. The maximum atomic E-state index is 6.57. The summed E-state index contributed by atoms with van der Waals surface area (Å²) in [6.07, 6.45) is 6.19. The summed E-state index contributed by atoms with van der Waals surface area (Å²) in [6.45, 7) is 12.2. The number of nitrogens with one attached hydrogen (secondary N) is 1. The molecule has 1 N–H and O–H groups in total. The van der Waals surface area contributed by atoms with Gasteiger partial charge in [-0.25, -0.2) is 0 Å². The first kappa shape index (κ1) is 18.5. The second-order valence-electron chi connectivity index (χ2n) is 6.20. The summed E-state index contributed by atoms with van der Waals surface area (Å²) in [5.41, 5.74) is 3.90. The summed E-state index contributed by atoms with van der Waals surface area (Å²) in [5.74, 6) is 0.663. The summed E-state index contributed by atoms with van der Waals surface area (Å²) in [6, 6.07) is 4.80. The molecule has 0 bridgehead atoms. The van der Waals surface area contributed by atoms with Crippen LogP contribution in [0.2, 0.25) is 5.02 Å². The number of aryl methyl sites for hydroxylation is 2. The molecule has 2 heteroatoms. The van der Waals surface area contributed by atoms with Crippen molar-refractivity contribution in [1.29, 1.82) is 0 Å². The highest BCUT2D eigenvalue weighted by molar-refractivity contribution is 6.31. The predicted octanol–water partition coefficient (Wildman–Crippen LogP) is 6.21. The Hall–Kier alpha value is -0.530. The fourth-order valence-electron chi connectivity index (χ4n) is 2.94. The summed E-state index contributed by atoms with van der Waals surface area (Å²) in [5, 5.41) is 4.67. The Morgan fingerprint density at radius 1 is 1.05 bits per heavy atom. The second-order valence-corrected chi connectivity index (χ2v) is 6.61. The molecule has 120 valence electrons. The Morgan fingerprint density at radius 3 is 2.29 bits per heavy atom. The van der Waals surface area contributed by atoms with Crippen molar-refractivity contribution < 1.29 is 0 Å². The topological polar surface area (TPSA) is 12.0 Å². The van der Waals surface area contributed by atoms with Crippen LogP contribution in [0.5, 0.6) is 0 Å². The molecule has 0 amide bonds. The van der Waals surface area contributed by atoms with E-state index in [-0.39, 0.29) is 0 Å². The van der Waals surface area contributed by atoms with Gasteiger partial charge in [0.05, 0.1) is 0 Å². The SMILES string of the molecule is CCCCC(CC)C(NCCC)c1cc(C)c(C)cc1Cl. The fourth-order valence-corrected chi connectivity index (χ4v) is 3.28. The number of rotatable bonds is 9. The van der Waals surface area contributed by atoms with Gasteiger partial charge in [-0.1, -0.05) is 57.7 Å². The summed E-state index contributed by atoms with van der Waals surface area (Å²) in [7, 11) is 0. The Morgan fingerprint density at radius 2 is 1.71 bits per heavy atom. The molecule has 0 saturated heterocycles. The summed E-state index contributed by atoms with van der Waals surface area (Å²) >= 11 is 6.57. The Labute approximate surface area is 136 Å². The molecule has 21 heavy (non-hydrogen) atoms.